The highest BCUT2D eigenvalue weighted by atomic mass is 35.5. The Morgan fingerprint density at radius 1 is 1.09 bits per heavy atom. The lowest BCUT2D eigenvalue weighted by Crippen LogP contribution is -2.60. The van der Waals surface area contributed by atoms with Crippen molar-refractivity contribution in [2.75, 3.05) is 26.2 Å². The van der Waals surface area contributed by atoms with Gasteiger partial charge in [0, 0.05) is 61.1 Å². The number of hydrogen-bond acceptors (Lipinski definition) is 2. The quantitative estimate of drug-likeness (QED) is 0.548. The largest absolute Gasteiger partial charge is 0.351 e. The molecule has 0 unspecified atom stereocenters. The van der Waals surface area contributed by atoms with Crippen LogP contribution >= 0.6 is 11.6 Å². The standard InChI is InChI=1S/C25H26ClF2N3O/c1-24(27,28)19-4-2-17(3-5-19)14-30-15-25(16-30)8-10-31(11-9-25)23(32)22-13-18-12-20(26)6-7-21(18)29-22/h2-7,12-13,29H,8-11,14-16H2,1H3. The van der Waals surface area contributed by atoms with E-state index in [4.69, 9.17) is 11.6 Å². The Kier molecular flexibility index (Phi) is 5.25. The molecule has 2 aliphatic rings. The first-order valence-electron chi connectivity index (χ1n) is 11.0. The van der Waals surface area contributed by atoms with Gasteiger partial charge in [0.2, 0.25) is 0 Å². The average Bonchev–Trinajstić information content (AvgIpc) is 3.15. The second kappa shape index (κ2) is 7.85. The molecule has 5 rings (SSSR count). The van der Waals surface area contributed by atoms with Crippen molar-refractivity contribution in [1.29, 1.82) is 0 Å². The van der Waals surface area contributed by atoms with Crippen LogP contribution in [-0.4, -0.2) is 46.9 Å². The normalized spacial score (nSPS) is 18.8. The summed E-state index contributed by atoms with van der Waals surface area (Å²) in [6, 6.07) is 14.1. The predicted molar refractivity (Wildman–Crippen MR) is 122 cm³/mol. The highest BCUT2D eigenvalue weighted by molar-refractivity contribution is 6.31. The third kappa shape index (κ3) is 4.14. The molecule has 3 aromatic rings. The Morgan fingerprint density at radius 3 is 2.44 bits per heavy atom. The van der Waals surface area contributed by atoms with E-state index in [0.29, 0.717) is 10.7 Å². The summed E-state index contributed by atoms with van der Waals surface area (Å²) in [5, 5.41) is 1.60. The van der Waals surface area contributed by atoms with E-state index in [0.717, 1.165) is 69.0 Å². The van der Waals surface area contributed by atoms with Crippen LogP contribution in [0.25, 0.3) is 10.9 Å². The molecule has 0 bridgehead atoms. The Labute approximate surface area is 191 Å². The number of nitrogens with zero attached hydrogens (tertiary/aromatic N) is 2. The Bertz CT molecular complexity index is 1140. The molecule has 0 aliphatic carbocycles. The number of carbonyl (C=O) groups excluding carboxylic acids is 1. The van der Waals surface area contributed by atoms with E-state index in [2.05, 4.69) is 9.88 Å². The predicted octanol–water partition coefficient (Wildman–Crippen LogP) is 5.67. The molecule has 2 aliphatic heterocycles. The van der Waals surface area contributed by atoms with Crippen molar-refractivity contribution >= 4 is 28.4 Å². The highest BCUT2D eigenvalue weighted by Crippen LogP contribution is 2.41. The number of H-pyrrole nitrogens is 1. The zero-order valence-corrected chi connectivity index (χ0v) is 18.8. The monoisotopic (exact) mass is 457 g/mol. The van der Waals surface area contributed by atoms with E-state index in [1.165, 1.54) is 12.1 Å². The Balaban J connectivity index is 1.14. The zero-order valence-electron chi connectivity index (χ0n) is 18.0. The summed E-state index contributed by atoms with van der Waals surface area (Å²) in [4.78, 5) is 20.5. The van der Waals surface area contributed by atoms with Gasteiger partial charge in [-0.3, -0.25) is 9.69 Å². The van der Waals surface area contributed by atoms with E-state index in [9.17, 15) is 13.6 Å². The van der Waals surface area contributed by atoms with Gasteiger partial charge in [-0.25, -0.2) is 8.78 Å². The van der Waals surface area contributed by atoms with Crippen molar-refractivity contribution in [3.63, 3.8) is 0 Å². The van der Waals surface area contributed by atoms with Gasteiger partial charge in [0.15, 0.2) is 0 Å². The van der Waals surface area contributed by atoms with Crippen molar-refractivity contribution in [3.8, 4) is 0 Å². The maximum atomic E-state index is 13.4. The molecular weight excluding hydrogens is 432 g/mol. The lowest BCUT2D eigenvalue weighted by molar-refractivity contribution is -0.0465. The molecule has 3 heterocycles. The number of alkyl halides is 2. The van der Waals surface area contributed by atoms with Gasteiger partial charge in [0.25, 0.3) is 11.8 Å². The molecule has 1 N–H and O–H groups in total. The molecule has 0 atom stereocenters. The molecule has 4 nitrogen and oxygen atoms in total. The van der Waals surface area contributed by atoms with Gasteiger partial charge >= 0.3 is 0 Å². The summed E-state index contributed by atoms with van der Waals surface area (Å²) in [6.45, 7) is 5.19. The smallest absolute Gasteiger partial charge is 0.270 e. The van der Waals surface area contributed by atoms with E-state index >= 15 is 0 Å². The van der Waals surface area contributed by atoms with Crippen LogP contribution in [0.2, 0.25) is 5.02 Å². The molecule has 2 aromatic carbocycles. The van der Waals surface area contributed by atoms with E-state index in [1.54, 1.807) is 12.1 Å². The van der Waals surface area contributed by atoms with Crippen LogP contribution in [-0.2, 0) is 12.5 Å². The SMILES string of the molecule is CC(F)(F)c1ccc(CN2CC3(CCN(C(=O)c4cc5cc(Cl)ccc5[nH]4)CC3)C2)cc1. The lowest BCUT2D eigenvalue weighted by Gasteiger charge is -2.54. The summed E-state index contributed by atoms with van der Waals surface area (Å²) < 4.78 is 26.8. The third-order valence-electron chi connectivity index (χ3n) is 6.91. The fraction of sp³-hybridized carbons (Fsp3) is 0.400. The summed E-state index contributed by atoms with van der Waals surface area (Å²) in [7, 11) is 0. The van der Waals surface area contributed by atoms with Crippen LogP contribution in [0.1, 0.15) is 41.4 Å². The number of hydrogen-bond donors (Lipinski definition) is 1. The number of carbonyl (C=O) groups is 1. The molecule has 2 fully saturated rings. The minimum atomic E-state index is -2.80. The number of aromatic nitrogens is 1. The molecule has 1 amide bonds. The average molecular weight is 458 g/mol. The Morgan fingerprint density at radius 2 is 1.78 bits per heavy atom. The number of fused-ring (bicyclic) bond motifs is 1. The molecular formula is C25H26ClF2N3O. The molecule has 7 heteroatoms. The van der Waals surface area contributed by atoms with Crippen LogP contribution in [0.15, 0.2) is 48.5 Å². The van der Waals surface area contributed by atoms with E-state index in [-0.39, 0.29) is 16.9 Å². The molecule has 2 saturated heterocycles. The molecule has 1 aromatic heterocycles. The summed E-state index contributed by atoms with van der Waals surface area (Å²) >= 11 is 6.05. The van der Waals surface area contributed by atoms with Gasteiger partial charge < -0.3 is 9.88 Å². The van der Waals surface area contributed by atoms with Crippen molar-refractivity contribution in [2.24, 2.45) is 5.41 Å². The molecule has 168 valence electrons. The number of halogens is 3. The van der Waals surface area contributed by atoms with Crippen LogP contribution < -0.4 is 0 Å². The van der Waals surface area contributed by atoms with Crippen molar-refractivity contribution in [3.05, 3.63) is 70.4 Å². The lowest BCUT2D eigenvalue weighted by atomic mass is 9.72. The fourth-order valence-corrected chi connectivity index (χ4v) is 5.25. The van der Waals surface area contributed by atoms with Crippen LogP contribution in [0, 0.1) is 5.41 Å². The molecule has 0 saturated carbocycles. The first-order chi connectivity index (χ1) is 15.2. The summed E-state index contributed by atoms with van der Waals surface area (Å²) in [6.07, 6.45) is 1.98. The van der Waals surface area contributed by atoms with Crippen molar-refractivity contribution < 1.29 is 13.6 Å². The number of nitrogens with one attached hydrogen (secondary N) is 1. The van der Waals surface area contributed by atoms with Gasteiger partial charge in [-0.05, 0) is 48.1 Å². The van der Waals surface area contributed by atoms with Crippen LogP contribution in [0.3, 0.4) is 0 Å². The maximum absolute atomic E-state index is 13.4. The minimum Gasteiger partial charge on any atom is -0.351 e. The minimum absolute atomic E-state index is 0.0381. The topological polar surface area (TPSA) is 39.3 Å². The van der Waals surface area contributed by atoms with Gasteiger partial charge in [-0.2, -0.15) is 0 Å². The van der Waals surface area contributed by atoms with Crippen LogP contribution in [0.4, 0.5) is 8.78 Å². The maximum Gasteiger partial charge on any atom is 0.270 e. The number of rotatable bonds is 4. The second-order valence-electron chi connectivity index (χ2n) is 9.44. The number of piperidine rings is 1. The van der Waals surface area contributed by atoms with Gasteiger partial charge in [0.1, 0.15) is 5.69 Å². The van der Waals surface area contributed by atoms with Crippen molar-refractivity contribution in [1.82, 2.24) is 14.8 Å². The van der Waals surface area contributed by atoms with E-state index < -0.39 is 5.92 Å². The number of benzene rings is 2. The number of aromatic amines is 1. The fourth-order valence-electron chi connectivity index (χ4n) is 5.06. The van der Waals surface area contributed by atoms with Gasteiger partial charge in [0.05, 0.1) is 0 Å². The number of amides is 1. The summed E-state index contributed by atoms with van der Waals surface area (Å²) in [5.41, 5.74) is 2.89. The zero-order chi connectivity index (χ0) is 22.5. The summed E-state index contributed by atoms with van der Waals surface area (Å²) in [5.74, 6) is -2.76. The first kappa shape index (κ1) is 21.4. The first-order valence-corrected chi connectivity index (χ1v) is 11.4. The molecule has 32 heavy (non-hydrogen) atoms. The van der Waals surface area contributed by atoms with Gasteiger partial charge in [-0.15, -0.1) is 0 Å². The second-order valence-corrected chi connectivity index (χ2v) is 9.87. The number of likely N-dealkylation sites (tertiary alicyclic amines) is 2. The van der Waals surface area contributed by atoms with Gasteiger partial charge in [-0.1, -0.05) is 35.9 Å². The van der Waals surface area contributed by atoms with E-state index in [1.807, 2.05) is 29.2 Å². The van der Waals surface area contributed by atoms with Crippen molar-refractivity contribution in [2.45, 2.75) is 32.2 Å². The molecule has 0 radical (unpaired) electrons. The highest BCUT2D eigenvalue weighted by Gasteiger charge is 2.45. The van der Waals surface area contributed by atoms with Crippen LogP contribution in [0.5, 0.6) is 0 Å². The molecule has 1 spiro atoms. The Hall–Kier alpha value is -2.44. The third-order valence-corrected chi connectivity index (χ3v) is 7.14.